The number of hydrogen-bond donors (Lipinski definition) is 1. The Balaban J connectivity index is 2.65. The number of benzene rings is 2. The molecule has 0 aliphatic rings. The lowest BCUT2D eigenvalue weighted by atomic mass is 10.1. The maximum atomic E-state index is 11.0. The van der Waals surface area contributed by atoms with Gasteiger partial charge in [-0.05, 0) is 12.1 Å². The first-order chi connectivity index (χ1) is 10.6. The van der Waals surface area contributed by atoms with E-state index in [1.165, 1.54) is 12.1 Å². The van der Waals surface area contributed by atoms with E-state index in [9.17, 15) is 10.1 Å². The Morgan fingerprint density at radius 2 is 1.64 bits per heavy atom. The number of anilines is 1. The van der Waals surface area contributed by atoms with Gasteiger partial charge in [-0.3, -0.25) is 10.1 Å². The van der Waals surface area contributed by atoms with Crippen molar-refractivity contribution in [1.82, 2.24) is 0 Å². The van der Waals surface area contributed by atoms with E-state index >= 15 is 0 Å². The molecule has 0 unspecified atom stereocenters. The Bertz CT molecular complexity index is 910. The predicted octanol–water partition coefficient (Wildman–Crippen LogP) is 2.98. The number of hydrogen-bond acceptors (Lipinski definition) is 6. The van der Waals surface area contributed by atoms with Crippen LogP contribution >= 0.6 is 0 Å². The fourth-order valence-electron chi connectivity index (χ4n) is 1.98. The third kappa shape index (κ3) is 2.53. The molecule has 0 aliphatic carbocycles. The van der Waals surface area contributed by atoms with Crippen LogP contribution < -0.4 is 5.32 Å². The van der Waals surface area contributed by atoms with Gasteiger partial charge in [-0.25, -0.2) is 0 Å². The van der Waals surface area contributed by atoms with Crippen LogP contribution in [0.4, 0.5) is 11.4 Å². The SMILES string of the molecule is N#CC(C#N)=C(C#N)Nc1cccc2c([N+](=O)[O-])cccc12. The van der Waals surface area contributed by atoms with Gasteiger partial charge in [-0.15, -0.1) is 0 Å². The summed E-state index contributed by atoms with van der Waals surface area (Å²) in [4.78, 5) is 10.5. The average Bonchev–Trinajstić information content (AvgIpc) is 2.54. The molecule has 0 radical (unpaired) electrons. The molecule has 104 valence electrons. The lowest BCUT2D eigenvalue weighted by Gasteiger charge is -2.08. The minimum atomic E-state index is -0.497. The largest absolute Gasteiger partial charge is 0.345 e. The first kappa shape index (κ1) is 14.5. The van der Waals surface area contributed by atoms with Crippen LogP contribution in [0, 0.1) is 44.1 Å². The summed E-state index contributed by atoms with van der Waals surface area (Å²) in [5.41, 5.74) is -0.223. The number of allylic oxidation sites excluding steroid dienone is 2. The van der Waals surface area contributed by atoms with Gasteiger partial charge in [0, 0.05) is 17.1 Å². The Hall–Kier alpha value is -3.89. The Labute approximate surface area is 125 Å². The third-order valence-corrected chi connectivity index (χ3v) is 2.94. The summed E-state index contributed by atoms with van der Waals surface area (Å²) >= 11 is 0. The molecule has 2 aromatic carbocycles. The maximum Gasteiger partial charge on any atom is 0.277 e. The van der Waals surface area contributed by atoms with Crippen molar-refractivity contribution in [2.75, 3.05) is 5.32 Å². The van der Waals surface area contributed by atoms with Crippen molar-refractivity contribution in [1.29, 1.82) is 15.8 Å². The van der Waals surface area contributed by atoms with E-state index in [2.05, 4.69) is 5.32 Å². The van der Waals surface area contributed by atoms with E-state index in [4.69, 9.17) is 15.8 Å². The molecule has 0 bridgehead atoms. The van der Waals surface area contributed by atoms with Crippen molar-refractivity contribution in [2.24, 2.45) is 0 Å². The summed E-state index contributed by atoms with van der Waals surface area (Å²) in [6.07, 6.45) is 0. The molecule has 0 spiro atoms. The van der Waals surface area contributed by atoms with Gasteiger partial charge in [0.1, 0.15) is 23.9 Å². The molecule has 7 heteroatoms. The maximum absolute atomic E-state index is 11.0. The lowest BCUT2D eigenvalue weighted by Crippen LogP contribution is -2.01. The van der Waals surface area contributed by atoms with Gasteiger partial charge in [0.25, 0.3) is 5.69 Å². The zero-order valence-electron chi connectivity index (χ0n) is 11.1. The molecule has 2 rings (SSSR count). The average molecular weight is 289 g/mol. The molecule has 2 aromatic rings. The topological polar surface area (TPSA) is 127 Å². The van der Waals surface area contributed by atoms with Crippen molar-refractivity contribution < 1.29 is 4.92 Å². The van der Waals surface area contributed by atoms with Gasteiger partial charge in [0.15, 0.2) is 5.57 Å². The highest BCUT2D eigenvalue weighted by Gasteiger charge is 2.14. The summed E-state index contributed by atoms with van der Waals surface area (Å²) in [5, 5.41) is 41.3. The van der Waals surface area contributed by atoms with Crippen molar-refractivity contribution in [2.45, 2.75) is 0 Å². The molecule has 22 heavy (non-hydrogen) atoms. The van der Waals surface area contributed by atoms with Crippen LogP contribution in [0.25, 0.3) is 10.8 Å². The standard InChI is InChI=1S/C15H7N5O2/c16-7-10(8-17)14(9-18)19-13-5-1-4-12-11(13)3-2-6-15(12)20(21)22/h1-6,19H. The molecule has 1 N–H and O–H groups in total. The van der Waals surface area contributed by atoms with Crippen molar-refractivity contribution in [3.05, 3.63) is 57.8 Å². The second kappa shape index (κ2) is 6.04. The minimum absolute atomic E-state index is 0.0653. The van der Waals surface area contributed by atoms with Crippen molar-refractivity contribution in [3.8, 4) is 18.2 Å². The van der Waals surface area contributed by atoms with Crippen LogP contribution in [-0.4, -0.2) is 4.92 Å². The molecular formula is C15H7N5O2. The fourth-order valence-corrected chi connectivity index (χ4v) is 1.98. The predicted molar refractivity (Wildman–Crippen MR) is 78.1 cm³/mol. The number of nitriles is 3. The van der Waals surface area contributed by atoms with Gasteiger partial charge in [-0.1, -0.05) is 18.2 Å². The van der Waals surface area contributed by atoms with Gasteiger partial charge in [0.05, 0.1) is 10.3 Å². The van der Waals surface area contributed by atoms with E-state index in [1.54, 1.807) is 42.5 Å². The van der Waals surface area contributed by atoms with Crippen LogP contribution in [-0.2, 0) is 0 Å². The molecule has 0 saturated heterocycles. The quantitative estimate of drug-likeness (QED) is 0.525. The molecule has 7 nitrogen and oxygen atoms in total. The fraction of sp³-hybridized carbons (Fsp3) is 0. The van der Waals surface area contributed by atoms with Crippen LogP contribution in [0.3, 0.4) is 0 Å². The second-order valence-electron chi connectivity index (χ2n) is 4.15. The molecule has 0 fully saturated rings. The van der Waals surface area contributed by atoms with Crippen LogP contribution in [0.2, 0.25) is 0 Å². The molecule has 0 atom stereocenters. The summed E-state index contributed by atoms with van der Waals surface area (Å²) in [6, 6.07) is 14.3. The third-order valence-electron chi connectivity index (χ3n) is 2.94. The molecule has 0 amide bonds. The molecule has 0 aliphatic heterocycles. The first-order valence-corrected chi connectivity index (χ1v) is 6.00. The van der Waals surface area contributed by atoms with E-state index in [0.29, 0.717) is 16.5 Å². The number of fused-ring (bicyclic) bond motifs is 1. The number of nitro groups is 1. The van der Waals surface area contributed by atoms with Crippen LogP contribution in [0.5, 0.6) is 0 Å². The van der Waals surface area contributed by atoms with Gasteiger partial charge in [-0.2, -0.15) is 15.8 Å². The van der Waals surface area contributed by atoms with Crippen molar-refractivity contribution >= 4 is 22.1 Å². The normalized spacial score (nSPS) is 9.14. The molecular weight excluding hydrogens is 282 g/mol. The lowest BCUT2D eigenvalue weighted by molar-refractivity contribution is -0.383. The van der Waals surface area contributed by atoms with Crippen molar-refractivity contribution in [3.63, 3.8) is 0 Å². The summed E-state index contributed by atoms with van der Waals surface area (Å²) in [7, 11) is 0. The smallest absolute Gasteiger partial charge is 0.277 e. The first-order valence-electron chi connectivity index (χ1n) is 6.00. The number of nitrogens with one attached hydrogen (secondary N) is 1. The highest BCUT2D eigenvalue weighted by atomic mass is 16.6. The van der Waals surface area contributed by atoms with E-state index in [1.807, 2.05) is 0 Å². The number of nitro benzene ring substituents is 1. The Kier molecular flexibility index (Phi) is 3.99. The molecule has 0 saturated carbocycles. The van der Waals surface area contributed by atoms with E-state index < -0.39 is 4.92 Å². The summed E-state index contributed by atoms with van der Waals surface area (Å²) < 4.78 is 0. The number of rotatable bonds is 3. The Morgan fingerprint density at radius 3 is 2.23 bits per heavy atom. The monoisotopic (exact) mass is 289 g/mol. The molecule has 0 heterocycles. The van der Waals surface area contributed by atoms with Gasteiger partial charge < -0.3 is 5.32 Å². The zero-order chi connectivity index (χ0) is 16.1. The summed E-state index contributed by atoms with van der Waals surface area (Å²) in [5.74, 6) is 0. The highest BCUT2D eigenvalue weighted by Crippen LogP contribution is 2.31. The zero-order valence-corrected chi connectivity index (χ0v) is 11.1. The highest BCUT2D eigenvalue weighted by molar-refractivity contribution is 5.99. The van der Waals surface area contributed by atoms with Crippen LogP contribution in [0.1, 0.15) is 0 Å². The van der Waals surface area contributed by atoms with E-state index in [0.717, 1.165) is 0 Å². The van der Waals surface area contributed by atoms with Gasteiger partial charge in [0.2, 0.25) is 0 Å². The summed E-state index contributed by atoms with van der Waals surface area (Å²) in [6.45, 7) is 0. The van der Waals surface area contributed by atoms with Gasteiger partial charge >= 0.3 is 0 Å². The number of nitrogens with zero attached hydrogens (tertiary/aromatic N) is 4. The number of non-ortho nitro benzene ring substituents is 1. The molecule has 0 aromatic heterocycles. The minimum Gasteiger partial charge on any atom is -0.345 e. The second-order valence-corrected chi connectivity index (χ2v) is 4.15. The Morgan fingerprint density at radius 1 is 1.00 bits per heavy atom. The van der Waals surface area contributed by atoms with Crippen LogP contribution in [0.15, 0.2) is 47.7 Å². The van der Waals surface area contributed by atoms with E-state index in [-0.39, 0.29) is 17.0 Å².